The Balaban J connectivity index is 2.23. The predicted molar refractivity (Wildman–Crippen MR) is 82.6 cm³/mol. The molecule has 1 aliphatic carbocycles. The lowest BCUT2D eigenvalue weighted by molar-refractivity contribution is 0.208. The van der Waals surface area contributed by atoms with Gasteiger partial charge < -0.3 is 5.11 Å². The number of rotatable bonds is 2. The number of benzene rings is 1. The maximum atomic E-state index is 10.5. The fourth-order valence-corrected chi connectivity index (χ4v) is 3.23. The maximum absolute atomic E-state index is 10.5. The van der Waals surface area contributed by atoms with Crippen molar-refractivity contribution >= 4 is 31.9 Å². The molecule has 0 bridgehead atoms. The first-order valence-electron chi connectivity index (χ1n) is 6.50. The smallest absolute Gasteiger partial charge is 0.101 e. The van der Waals surface area contributed by atoms with Crippen molar-refractivity contribution in [3.05, 3.63) is 44.4 Å². The first-order valence-corrected chi connectivity index (χ1v) is 8.09. The van der Waals surface area contributed by atoms with Crippen LogP contribution in [0.3, 0.4) is 0 Å². The molecule has 1 aromatic carbocycles. The molecule has 18 heavy (non-hydrogen) atoms. The van der Waals surface area contributed by atoms with Crippen molar-refractivity contribution in [2.75, 3.05) is 0 Å². The van der Waals surface area contributed by atoms with Crippen molar-refractivity contribution in [2.45, 2.75) is 44.6 Å². The van der Waals surface area contributed by atoms with E-state index in [1.807, 2.05) is 18.2 Å². The Bertz CT molecular complexity index is 440. The highest BCUT2D eigenvalue weighted by molar-refractivity contribution is 9.11. The van der Waals surface area contributed by atoms with Gasteiger partial charge in [0.2, 0.25) is 0 Å². The second-order valence-corrected chi connectivity index (χ2v) is 6.57. The second kappa shape index (κ2) is 6.88. The summed E-state index contributed by atoms with van der Waals surface area (Å²) in [6.45, 7) is 0. The van der Waals surface area contributed by atoms with Crippen molar-refractivity contribution < 1.29 is 5.11 Å². The van der Waals surface area contributed by atoms with Crippen molar-refractivity contribution in [3.63, 3.8) is 0 Å². The van der Waals surface area contributed by atoms with E-state index in [0.717, 1.165) is 27.4 Å². The molecule has 1 aliphatic rings. The summed E-state index contributed by atoms with van der Waals surface area (Å²) in [5.41, 5.74) is 2.13. The molecule has 0 amide bonds. The minimum Gasteiger partial charge on any atom is -0.384 e. The van der Waals surface area contributed by atoms with Gasteiger partial charge in [-0.15, -0.1) is 0 Å². The average molecular weight is 374 g/mol. The molecular weight excluding hydrogens is 356 g/mol. The Hall–Kier alpha value is -0.120. The summed E-state index contributed by atoms with van der Waals surface area (Å²) in [7, 11) is 0. The molecule has 1 atom stereocenters. The number of aliphatic hydroxyl groups is 1. The molecule has 0 heterocycles. The largest absolute Gasteiger partial charge is 0.384 e. The lowest BCUT2D eigenvalue weighted by Gasteiger charge is -2.19. The van der Waals surface area contributed by atoms with Gasteiger partial charge in [0, 0.05) is 8.95 Å². The summed E-state index contributed by atoms with van der Waals surface area (Å²) in [5.74, 6) is 0. The average Bonchev–Trinajstić information content (AvgIpc) is 2.31. The van der Waals surface area contributed by atoms with Crippen LogP contribution in [0, 0.1) is 0 Å². The first-order chi connectivity index (χ1) is 8.68. The second-order valence-electron chi connectivity index (χ2n) is 4.80. The summed E-state index contributed by atoms with van der Waals surface area (Å²) in [6, 6.07) is 5.95. The van der Waals surface area contributed by atoms with E-state index in [-0.39, 0.29) is 0 Å². The highest BCUT2D eigenvalue weighted by Crippen LogP contribution is 2.34. The summed E-state index contributed by atoms with van der Waals surface area (Å²) in [5, 5.41) is 10.5. The molecule has 3 heteroatoms. The minimum atomic E-state index is -0.477. The number of hydrogen-bond acceptors (Lipinski definition) is 1. The Morgan fingerprint density at radius 3 is 2.67 bits per heavy atom. The topological polar surface area (TPSA) is 20.2 Å². The molecule has 1 unspecified atom stereocenters. The van der Waals surface area contributed by atoms with Crippen LogP contribution in [0.25, 0.3) is 0 Å². The molecule has 2 rings (SSSR count). The van der Waals surface area contributed by atoms with Crippen molar-refractivity contribution in [3.8, 4) is 0 Å². The van der Waals surface area contributed by atoms with E-state index in [1.165, 1.54) is 31.3 Å². The van der Waals surface area contributed by atoms with Crippen LogP contribution < -0.4 is 0 Å². The van der Waals surface area contributed by atoms with Crippen molar-refractivity contribution in [2.24, 2.45) is 0 Å². The van der Waals surface area contributed by atoms with E-state index >= 15 is 0 Å². The summed E-state index contributed by atoms with van der Waals surface area (Å²) in [6.07, 6.45) is 8.90. The number of aliphatic hydroxyl groups excluding tert-OH is 1. The highest BCUT2D eigenvalue weighted by Gasteiger charge is 2.17. The van der Waals surface area contributed by atoms with Crippen molar-refractivity contribution in [1.82, 2.24) is 0 Å². The van der Waals surface area contributed by atoms with Crippen LogP contribution in [0.5, 0.6) is 0 Å². The molecule has 98 valence electrons. The number of allylic oxidation sites excluding steroid dienone is 1. The molecule has 0 saturated heterocycles. The summed E-state index contributed by atoms with van der Waals surface area (Å²) >= 11 is 6.99. The highest BCUT2D eigenvalue weighted by atomic mass is 79.9. The van der Waals surface area contributed by atoms with Gasteiger partial charge in [0.15, 0.2) is 0 Å². The third-order valence-corrected chi connectivity index (χ3v) is 4.65. The summed E-state index contributed by atoms with van der Waals surface area (Å²) in [4.78, 5) is 0. The lowest BCUT2D eigenvalue weighted by atomic mass is 9.93. The van der Waals surface area contributed by atoms with Crippen LogP contribution in [-0.2, 0) is 0 Å². The molecule has 0 fully saturated rings. The van der Waals surface area contributed by atoms with Crippen LogP contribution in [-0.4, -0.2) is 5.11 Å². The number of hydrogen-bond donors (Lipinski definition) is 1. The van der Waals surface area contributed by atoms with E-state index < -0.39 is 6.10 Å². The van der Waals surface area contributed by atoms with Gasteiger partial charge in [0.1, 0.15) is 6.10 Å². The van der Waals surface area contributed by atoms with Gasteiger partial charge in [-0.05, 0) is 55.0 Å². The minimum absolute atomic E-state index is 0.477. The predicted octanol–water partition coefficient (Wildman–Crippen LogP) is 5.53. The quantitative estimate of drug-likeness (QED) is 0.676. The Kier molecular flexibility index (Phi) is 5.46. The molecule has 0 radical (unpaired) electrons. The monoisotopic (exact) mass is 372 g/mol. The molecule has 1 nitrogen and oxygen atoms in total. The van der Waals surface area contributed by atoms with Gasteiger partial charge in [-0.1, -0.05) is 50.8 Å². The zero-order valence-electron chi connectivity index (χ0n) is 10.3. The zero-order chi connectivity index (χ0) is 13.0. The van der Waals surface area contributed by atoms with E-state index in [4.69, 9.17) is 0 Å². The van der Waals surface area contributed by atoms with Gasteiger partial charge in [-0.25, -0.2) is 0 Å². The van der Waals surface area contributed by atoms with Crippen LogP contribution in [0.2, 0.25) is 0 Å². The molecular formula is C15H18Br2O. The molecule has 0 aromatic heterocycles. The van der Waals surface area contributed by atoms with Gasteiger partial charge in [0.25, 0.3) is 0 Å². The molecule has 0 spiro atoms. The normalized spacial score (nSPS) is 21.6. The van der Waals surface area contributed by atoms with Gasteiger partial charge in [-0.3, -0.25) is 0 Å². The van der Waals surface area contributed by atoms with Crippen LogP contribution in [0.15, 0.2) is 38.8 Å². The molecule has 1 aromatic rings. The first kappa shape index (κ1) is 14.3. The van der Waals surface area contributed by atoms with Gasteiger partial charge in [0.05, 0.1) is 0 Å². The van der Waals surface area contributed by atoms with Gasteiger partial charge in [-0.2, -0.15) is 0 Å². The third kappa shape index (κ3) is 3.69. The molecule has 0 saturated carbocycles. The summed E-state index contributed by atoms with van der Waals surface area (Å²) < 4.78 is 1.98. The third-order valence-electron chi connectivity index (χ3n) is 3.43. The standard InChI is InChI=1S/C15H18Br2O/c16-12-8-9-14(17)13(10-12)15(18)11-6-4-2-1-3-5-7-11/h6,8-10,15,18H,1-5,7H2/b11-6+. The Morgan fingerprint density at radius 2 is 1.83 bits per heavy atom. The lowest BCUT2D eigenvalue weighted by Crippen LogP contribution is -2.04. The Morgan fingerprint density at radius 1 is 1.06 bits per heavy atom. The van der Waals surface area contributed by atoms with E-state index in [1.54, 1.807) is 0 Å². The Labute approximate surface area is 126 Å². The molecule has 1 N–H and O–H groups in total. The van der Waals surface area contributed by atoms with Crippen LogP contribution >= 0.6 is 31.9 Å². The number of halogens is 2. The van der Waals surface area contributed by atoms with Crippen molar-refractivity contribution in [1.29, 1.82) is 0 Å². The van der Waals surface area contributed by atoms with E-state index in [9.17, 15) is 5.11 Å². The maximum Gasteiger partial charge on any atom is 0.101 e. The van der Waals surface area contributed by atoms with Gasteiger partial charge >= 0.3 is 0 Å². The van der Waals surface area contributed by atoms with Crippen LogP contribution in [0.4, 0.5) is 0 Å². The fraction of sp³-hybridized carbons (Fsp3) is 0.467. The van der Waals surface area contributed by atoms with Crippen LogP contribution in [0.1, 0.15) is 50.2 Å². The SMILES string of the molecule is OC(/C1=C/CCCCCC1)c1cc(Br)ccc1Br. The fourth-order valence-electron chi connectivity index (χ4n) is 2.39. The molecule has 0 aliphatic heterocycles. The van der Waals surface area contributed by atoms with E-state index in [0.29, 0.717) is 0 Å². The van der Waals surface area contributed by atoms with E-state index in [2.05, 4.69) is 37.9 Å². The zero-order valence-corrected chi connectivity index (χ0v) is 13.5.